The summed E-state index contributed by atoms with van der Waals surface area (Å²) in [4.78, 5) is 11.0. The first kappa shape index (κ1) is 11.6. The number of ether oxygens (including phenoxy) is 2. The van der Waals surface area contributed by atoms with E-state index in [2.05, 4.69) is 0 Å². The molecular weight excluding hydrogens is 216 g/mol. The van der Waals surface area contributed by atoms with Crippen molar-refractivity contribution in [1.29, 1.82) is 0 Å². The summed E-state index contributed by atoms with van der Waals surface area (Å²) in [5.74, 6) is -0.237. The molecule has 1 aliphatic heterocycles. The second-order valence-electron chi connectivity index (χ2n) is 3.75. The fraction of sp³-hybridized carbons (Fsp3) is 0.214. The highest BCUT2D eigenvalue weighted by Gasteiger charge is 2.04. The predicted octanol–water partition coefficient (Wildman–Crippen LogP) is 2.59. The molecule has 0 atom stereocenters. The minimum Gasteiger partial charge on any atom is -0.434 e. The summed E-state index contributed by atoms with van der Waals surface area (Å²) in [6.07, 6.45) is 5.30. The van der Waals surface area contributed by atoms with Crippen molar-refractivity contribution in [3.05, 3.63) is 59.9 Å². The summed E-state index contributed by atoms with van der Waals surface area (Å²) in [5.41, 5.74) is 2.10. The van der Waals surface area contributed by atoms with Gasteiger partial charge in [-0.2, -0.15) is 0 Å². The van der Waals surface area contributed by atoms with Crippen LogP contribution in [-0.4, -0.2) is 12.6 Å². The van der Waals surface area contributed by atoms with Crippen molar-refractivity contribution in [2.75, 3.05) is 6.61 Å². The summed E-state index contributed by atoms with van der Waals surface area (Å²) in [5, 5.41) is 0. The monoisotopic (exact) mass is 230 g/mol. The highest BCUT2D eigenvalue weighted by Crippen LogP contribution is 2.08. The standard InChI is InChI=1S/C14H14O3/c15-14-7-6-13(8-9-17-14)11-16-10-12-4-2-1-3-5-12/h1-6,8-9H,7,10-11H2. The van der Waals surface area contributed by atoms with Crippen LogP contribution in [0.2, 0.25) is 0 Å². The van der Waals surface area contributed by atoms with E-state index in [-0.39, 0.29) is 5.97 Å². The van der Waals surface area contributed by atoms with Gasteiger partial charge in [-0.25, -0.2) is 0 Å². The molecule has 1 aromatic rings. The second kappa shape index (κ2) is 6.01. The fourth-order valence-electron chi connectivity index (χ4n) is 1.50. The molecule has 0 aliphatic carbocycles. The molecule has 0 saturated carbocycles. The van der Waals surface area contributed by atoms with E-state index >= 15 is 0 Å². The number of hydrogen-bond donors (Lipinski definition) is 0. The van der Waals surface area contributed by atoms with Gasteiger partial charge in [0.25, 0.3) is 0 Å². The van der Waals surface area contributed by atoms with Crippen molar-refractivity contribution in [2.45, 2.75) is 13.0 Å². The van der Waals surface area contributed by atoms with Crippen LogP contribution in [0.25, 0.3) is 0 Å². The summed E-state index contributed by atoms with van der Waals surface area (Å²) in [6, 6.07) is 9.98. The molecule has 17 heavy (non-hydrogen) atoms. The molecule has 88 valence electrons. The summed E-state index contributed by atoms with van der Waals surface area (Å²) in [6.45, 7) is 1.06. The zero-order chi connectivity index (χ0) is 11.9. The van der Waals surface area contributed by atoms with Crippen molar-refractivity contribution < 1.29 is 14.3 Å². The van der Waals surface area contributed by atoms with E-state index in [4.69, 9.17) is 9.47 Å². The Balaban J connectivity index is 1.80. The average Bonchev–Trinajstić information content (AvgIpc) is 2.56. The van der Waals surface area contributed by atoms with E-state index in [1.54, 1.807) is 6.08 Å². The van der Waals surface area contributed by atoms with Gasteiger partial charge in [0.1, 0.15) is 0 Å². The highest BCUT2D eigenvalue weighted by molar-refractivity contribution is 5.72. The van der Waals surface area contributed by atoms with Crippen LogP contribution in [0.1, 0.15) is 12.0 Å². The molecule has 0 aromatic heterocycles. The Labute approximate surface area is 100 Å². The second-order valence-corrected chi connectivity index (χ2v) is 3.75. The predicted molar refractivity (Wildman–Crippen MR) is 64.0 cm³/mol. The lowest BCUT2D eigenvalue weighted by molar-refractivity contribution is -0.136. The van der Waals surface area contributed by atoms with Gasteiger partial charge in [-0.15, -0.1) is 0 Å². The number of hydrogen-bond acceptors (Lipinski definition) is 3. The number of benzene rings is 1. The van der Waals surface area contributed by atoms with Crippen LogP contribution in [0.15, 0.2) is 54.3 Å². The van der Waals surface area contributed by atoms with Crippen molar-refractivity contribution in [1.82, 2.24) is 0 Å². The number of carbonyl (C=O) groups is 1. The maximum absolute atomic E-state index is 11.0. The Morgan fingerprint density at radius 3 is 2.82 bits per heavy atom. The first-order valence-electron chi connectivity index (χ1n) is 5.51. The lowest BCUT2D eigenvalue weighted by Gasteiger charge is -2.04. The molecule has 3 nitrogen and oxygen atoms in total. The van der Waals surface area contributed by atoms with Crippen LogP contribution >= 0.6 is 0 Å². The van der Waals surface area contributed by atoms with Gasteiger partial charge in [-0.05, 0) is 17.2 Å². The van der Waals surface area contributed by atoms with Gasteiger partial charge < -0.3 is 9.47 Å². The normalized spacial score (nSPS) is 15.1. The Bertz CT molecular complexity index is 432. The van der Waals surface area contributed by atoms with E-state index in [9.17, 15) is 4.79 Å². The Morgan fingerprint density at radius 2 is 2.00 bits per heavy atom. The largest absolute Gasteiger partial charge is 0.434 e. The van der Waals surface area contributed by atoms with Crippen molar-refractivity contribution in [3.63, 3.8) is 0 Å². The molecule has 3 heteroatoms. The summed E-state index contributed by atoms with van der Waals surface area (Å²) < 4.78 is 10.3. The van der Waals surface area contributed by atoms with Crippen LogP contribution in [0.4, 0.5) is 0 Å². The van der Waals surface area contributed by atoms with Gasteiger partial charge in [0.05, 0.1) is 25.9 Å². The molecule has 0 spiro atoms. The maximum atomic E-state index is 11.0. The van der Waals surface area contributed by atoms with Gasteiger partial charge >= 0.3 is 5.97 Å². The average molecular weight is 230 g/mol. The van der Waals surface area contributed by atoms with Gasteiger partial charge in [0.15, 0.2) is 0 Å². The van der Waals surface area contributed by atoms with E-state index in [1.165, 1.54) is 6.26 Å². The Morgan fingerprint density at radius 1 is 1.18 bits per heavy atom. The zero-order valence-corrected chi connectivity index (χ0v) is 9.46. The van der Waals surface area contributed by atoms with Crippen LogP contribution < -0.4 is 0 Å². The molecular formula is C14H14O3. The third-order valence-corrected chi connectivity index (χ3v) is 2.39. The fourth-order valence-corrected chi connectivity index (χ4v) is 1.50. The third-order valence-electron chi connectivity index (χ3n) is 2.39. The topological polar surface area (TPSA) is 35.5 Å². The minimum absolute atomic E-state index is 0.237. The van der Waals surface area contributed by atoms with Gasteiger partial charge in [0, 0.05) is 0 Å². The van der Waals surface area contributed by atoms with Gasteiger partial charge in [0.2, 0.25) is 0 Å². The Hall–Kier alpha value is -1.87. The molecule has 0 saturated heterocycles. The molecule has 1 heterocycles. The van der Waals surface area contributed by atoms with E-state index in [1.807, 2.05) is 36.4 Å². The van der Waals surface area contributed by atoms with Crippen molar-refractivity contribution in [2.24, 2.45) is 0 Å². The van der Waals surface area contributed by atoms with Crippen LogP contribution in [-0.2, 0) is 20.9 Å². The van der Waals surface area contributed by atoms with Crippen LogP contribution in [0.5, 0.6) is 0 Å². The van der Waals surface area contributed by atoms with E-state index in [0.29, 0.717) is 19.6 Å². The lowest BCUT2D eigenvalue weighted by Crippen LogP contribution is -1.97. The van der Waals surface area contributed by atoms with Crippen molar-refractivity contribution >= 4 is 5.97 Å². The van der Waals surface area contributed by atoms with Crippen molar-refractivity contribution in [3.8, 4) is 0 Å². The zero-order valence-electron chi connectivity index (χ0n) is 9.46. The molecule has 0 bridgehead atoms. The molecule has 2 rings (SSSR count). The molecule has 0 radical (unpaired) electrons. The number of cyclic esters (lactones) is 1. The smallest absolute Gasteiger partial charge is 0.314 e. The first-order chi connectivity index (χ1) is 8.34. The SMILES string of the molecule is O=C1CC=C(COCc2ccccc2)C=CO1. The minimum atomic E-state index is -0.237. The lowest BCUT2D eigenvalue weighted by atomic mass is 10.2. The molecule has 0 N–H and O–H groups in total. The van der Waals surface area contributed by atoms with E-state index in [0.717, 1.165) is 11.1 Å². The first-order valence-corrected chi connectivity index (χ1v) is 5.51. The van der Waals surface area contributed by atoms with Crippen LogP contribution in [0, 0.1) is 0 Å². The molecule has 0 unspecified atom stereocenters. The van der Waals surface area contributed by atoms with Crippen LogP contribution in [0.3, 0.4) is 0 Å². The Kier molecular flexibility index (Phi) is 4.11. The summed E-state index contributed by atoms with van der Waals surface area (Å²) in [7, 11) is 0. The van der Waals surface area contributed by atoms with Gasteiger partial charge in [-0.3, -0.25) is 4.79 Å². The molecule has 0 amide bonds. The van der Waals surface area contributed by atoms with E-state index < -0.39 is 0 Å². The quantitative estimate of drug-likeness (QED) is 0.746. The molecule has 0 fully saturated rings. The molecule has 1 aliphatic rings. The highest BCUT2D eigenvalue weighted by atomic mass is 16.5. The number of esters is 1. The third kappa shape index (κ3) is 3.89. The van der Waals surface area contributed by atoms with Gasteiger partial charge in [-0.1, -0.05) is 36.4 Å². The summed E-state index contributed by atoms with van der Waals surface area (Å²) >= 11 is 0. The molecule has 1 aromatic carbocycles. The number of rotatable bonds is 4. The number of carbonyl (C=O) groups excluding carboxylic acids is 1. The maximum Gasteiger partial charge on any atom is 0.314 e.